The zero-order chi connectivity index (χ0) is 25.2. The molecular weight excluding hydrogens is 464 g/mol. The number of para-hydroxylation sites is 1. The standard InChI is InChI=1S/C28H19F6N/c29-27(30,31)20-13-9-18(10-14-20)17-25(19-11-15-21(16-12-19)28(32,33)34)23-6-2-1-5-22(23)24-7-3-4-8-26(24)35/h1-17H,35H2/b25-17+. The predicted molar refractivity (Wildman–Crippen MR) is 126 cm³/mol. The minimum atomic E-state index is -4.49. The molecule has 4 aromatic carbocycles. The van der Waals surface area contributed by atoms with Crippen molar-refractivity contribution in [3.63, 3.8) is 0 Å². The van der Waals surface area contributed by atoms with Gasteiger partial charge in [0.1, 0.15) is 0 Å². The van der Waals surface area contributed by atoms with Gasteiger partial charge in [0.05, 0.1) is 11.1 Å². The van der Waals surface area contributed by atoms with Gasteiger partial charge in [-0.05, 0) is 64.2 Å². The topological polar surface area (TPSA) is 26.0 Å². The molecule has 2 N–H and O–H groups in total. The quantitative estimate of drug-likeness (QED) is 0.176. The van der Waals surface area contributed by atoms with Crippen molar-refractivity contribution in [1.29, 1.82) is 0 Å². The van der Waals surface area contributed by atoms with Crippen molar-refractivity contribution >= 4 is 17.3 Å². The highest BCUT2D eigenvalue weighted by atomic mass is 19.4. The van der Waals surface area contributed by atoms with Crippen LogP contribution in [0.15, 0.2) is 97.1 Å². The van der Waals surface area contributed by atoms with E-state index in [0.717, 1.165) is 35.4 Å². The highest BCUT2D eigenvalue weighted by molar-refractivity contribution is 5.98. The third-order valence-electron chi connectivity index (χ3n) is 5.54. The number of benzene rings is 4. The smallest absolute Gasteiger partial charge is 0.398 e. The minimum absolute atomic E-state index is 0.462. The van der Waals surface area contributed by atoms with Gasteiger partial charge in [0, 0.05) is 11.3 Å². The molecule has 178 valence electrons. The molecule has 0 bridgehead atoms. The van der Waals surface area contributed by atoms with Crippen LogP contribution in [0.4, 0.5) is 32.0 Å². The molecule has 0 heterocycles. The monoisotopic (exact) mass is 483 g/mol. The molecule has 0 saturated heterocycles. The van der Waals surface area contributed by atoms with E-state index in [2.05, 4.69) is 0 Å². The van der Waals surface area contributed by atoms with Crippen molar-refractivity contribution < 1.29 is 26.3 Å². The van der Waals surface area contributed by atoms with Gasteiger partial charge in [-0.15, -0.1) is 0 Å². The van der Waals surface area contributed by atoms with E-state index in [1.54, 1.807) is 30.3 Å². The zero-order valence-corrected chi connectivity index (χ0v) is 18.2. The van der Waals surface area contributed by atoms with E-state index in [-0.39, 0.29) is 0 Å². The molecule has 0 radical (unpaired) electrons. The van der Waals surface area contributed by atoms with Crippen molar-refractivity contribution in [3.05, 3.63) is 125 Å². The fourth-order valence-corrected chi connectivity index (χ4v) is 3.79. The van der Waals surface area contributed by atoms with Gasteiger partial charge >= 0.3 is 12.4 Å². The molecule has 0 saturated carbocycles. The van der Waals surface area contributed by atoms with Crippen LogP contribution in [0.2, 0.25) is 0 Å². The van der Waals surface area contributed by atoms with E-state index < -0.39 is 23.5 Å². The molecule has 0 aliphatic heterocycles. The summed E-state index contributed by atoms with van der Waals surface area (Å²) < 4.78 is 78.4. The van der Waals surface area contributed by atoms with E-state index in [0.29, 0.717) is 28.0 Å². The Morgan fingerprint density at radius 1 is 0.571 bits per heavy atom. The fraction of sp³-hybridized carbons (Fsp3) is 0.0714. The lowest BCUT2D eigenvalue weighted by Crippen LogP contribution is -2.05. The minimum Gasteiger partial charge on any atom is -0.398 e. The Morgan fingerprint density at radius 3 is 1.60 bits per heavy atom. The lowest BCUT2D eigenvalue weighted by Gasteiger charge is -2.17. The molecule has 0 aromatic heterocycles. The molecule has 0 amide bonds. The second kappa shape index (κ2) is 9.33. The van der Waals surface area contributed by atoms with Crippen molar-refractivity contribution in [2.24, 2.45) is 0 Å². The van der Waals surface area contributed by atoms with Crippen LogP contribution in [-0.2, 0) is 12.4 Å². The summed E-state index contributed by atoms with van der Waals surface area (Å²) in [6.45, 7) is 0. The molecule has 4 rings (SSSR count). The molecule has 4 aromatic rings. The summed E-state index contributed by atoms with van der Waals surface area (Å²) in [6, 6.07) is 23.7. The van der Waals surface area contributed by atoms with Crippen LogP contribution in [0.5, 0.6) is 0 Å². The summed E-state index contributed by atoms with van der Waals surface area (Å²) >= 11 is 0. The van der Waals surface area contributed by atoms with Gasteiger partial charge < -0.3 is 5.73 Å². The van der Waals surface area contributed by atoms with Crippen LogP contribution >= 0.6 is 0 Å². The Labute approximate surface area is 198 Å². The zero-order valence-electron chi connectivity index (χ0n) is 18.2. The lowest BCUT2D eigenvalue weighted by atomic mass is 9.88. The normalized spacial score (nSPS) is 12.6. The number of alkyl halides is 6. The van der Waals surface area contributed by atoms with Crippen molar-refractivity contribution in [3.8, 4) is 11.1 Å². The van der Waals surface area contributed by atoms with Crippen LogP contribution in [0, 0.1) is 0 Å². The van der Waals surface area contributed by atoms with Gasteiger partial charge in [-0.25, -0.2) is 0 Å². The first-order valence-corrected chi connectivity index (χ1v) is 10.5. The van der Waals surface area contributed by atoms with Gasteiger partial charge in [-0.3, -0.25) is 0 Å². The molecule has 0 spiro atoms. The highest BCUT2D eigenvalue weighted by Gasteiger charge is 2.31. The molecule has 1 nitrogen and oxygen atoms in total. The Balaban J connectivity index is 1.90. The number of nitrogen functional groups attached to an aromatic ring is 1. The van der Waals surface area contributed by atoms with E-state index in [1.807, 2.05) is 24.3 Å². The third-order valence-corrected chi connectivity index (χ3v) is 5.54. The molecule has 0 aliphatic carbocycles. The van der Waals surface area contributed by atoms with E-state index in [9.17, 15) is 26.3 Å². The van der Waals surface area contributed by atoms with E-state index in [1.165, 1.54) is 24.3 Å². The average molecular weight is 483 g/mol. The number of halogens is 6. The van der Waals surface area contributed by atoms with Crippen LogP contribution in [0.25, 0.3) is 22.8 Å². The Bertz CT molecular complexity index is 1350. The number of hydrogen-bond donors (Lipinski definition) is 1. The summed E-state index contributed by atoms with van der Waals surface area (Å²) in [7, 11) is 0. The second-order valence-electron chi connectivity index (χ2n) is 7.89. The summed E-state index contributed by atoms with van der Waals surface area (Å²) in [5.74, 6) is 0. The molecule has 35 heavy (non-hydrogen) atoms. The van der Waals surface area contributed by atoms with Crippen LogP contribution in [0.3, 0.4) is 0 Å². The van der Waals surface area contributed by atoms with E-state index in [4.69, 9.17) is 5.73 Å². The summed E-state index contributed by atoms with van der Waals surface area (Å²) in [4.78, 5) is 0. The Hall–Kier alpha value is -4.00. The molecular formula is C28H19F6N. The van der Waals surface area contributed by atoms with Crippen LogP contribution in [-0.4, -0.2) is 0 Å². The second-order valence-corrected chi connectivity index (χ2v) is 7.89. The molecule has 0 fully saturated rings. The molecule has 7 heteroatoms. The van der Waals surface area contributed by atoms with Gasteiger partial charge in [0.25, 0.3) is 0 Å². The van der Waals surface area contributed by atoms with Crippen molar-refractivity contribution in [2.45, 2.75) is 12.4 Å². The predicted octanol–water partition coefficient (Wildman–Crippen LogP) is 8.56. The van der Waals surface area contributed by atoms with Gasteiger partial charge in [0.15, 0.2) is 0 Å². The van der Waals surface area contributed by atoms with E-state index >= 15 is 0 Å². The largest absolute Gasteiger partial charge is 0.416 e. The first-order valence-electron chi connectivity index (χ1n) is 10.5. The maximum atomic E-state index is 13.1. The maximum absolute atomic E-state index is 13.1. The number of anilines is 1. The average Bonchev–Trinajstić information content (AvgIpc) is 2.82. The molecule has 0 atom stereocenters. The van der Waals surface area contributed by atoms with Crippen LogP contribution < -0.4 is 5.73 Å². The number of rotatable bonds is 4. The Kier molecular flexibility index (Phi) is 6.43. The highest BCUT2D eigenvalue weighted by Crippen LogP contribution is 2.38. The first-order chi connectivity index (χ1) is 16.5. The Morgan fingerprint density at radius 2 is 1.06 bits per heavy atom. The summed E-state index contributed by atoms with van der Waals surface area (Å²) in [5.41, 5.74) is 8.73. The summed E-state index contributed by atoms with van der Waals surface area (Å²) in [6.07, 6.45) is -7.32. The number of hydrogen-bond acceptors (Lipinski definition) is 1. The van der Waals surface area contributed by atoms with Crippen LogP contribution in [0.1, 0.15) is 27.8 Å². The van der Waals surface area contributed by atoms with Crippen molar-refractivity contribution in [2.75, 3.05) is 5.73 Å². The summed E-state index contributed by atoms with van der Waals surface area (Å²) in [5, 5.41) is 0. The van der Waals surface area contributed by atoms with Gasteiger partial charge in [-0.2, -0.15) is 26.3 Å². The first kappa shape index (κ1) is 24.1. The third kappa shape index (κ3) is 5.40. The van der Waals surface area contributed by atoms with Gasteiger partial charge in [0.2, 0.25) is 0 Å². The maximum Gasteiger partial charge on any atom is 0.416 e. The molecule has 0 aliphatic rings. The lowest BCUT2D eigenvalue weighted by molar-refractivity contribution is -0.138. The fourth-order valence-electron chi connectivity index (χ4n) is 3.79. The van der Waals surface area contributed by atoms with Gasteiger partial charge in [-0.1, -0.05) is 66.7 Å². The molecule has 0 unspecified atom stereocenters. The van der Waals surface area contributed by atoms with Crippen molar-refractivity contribution in [1.82, 2.24) is 0 Å². The SMILES string of the molecule is Nc1ccccc1-c1ccccc1/C(=C/c1ccc(C(F)(F)F)cc1)c1ccc(C(F)(F)F)cc1. The number of nitrogens with two attached hydrogens (primary N) is 1.